The zero-order chi connectivity index (χ0) is 19.6. The minimum atomic E-state index is -0.823. The quantitative estimate of drug-likeness (QED) is 0.658. The number of rotatable bonds is 10. The predicted molar refractivity (Wildman–Crippen MR) is 107 cm³/mol. The average Bonchev–Trinajstić information content (AvgIpc) is 2.68. The summed E-state index contributed by atoms with van der Waals surface area (Å²) in [5.74, 6) is 2.76. The lowest BCUT2D eigenvalue weighted by Crippen LogP contribution is -2.00. The third kappa shape index (κ3) is 5.66. The summed E-state index contributed by atoms with van der Waals surface area (Å²) in [7, 11) is 1.57. The van der Waals surface area contributed by atoms with Gasteiger partial charge in [0.1, 0.15) is 29.1 Å². The third-order valence-electron chi connectivity index (χ3n) is 3.89. The highest BCUT2D eigenvalue weighted by Crippen LogP contribution is 2.32. The van der Waals surface area contributed by atoms with Gasteiger partial charge in [-0.2, -0.15) is 0 Å². The molecule has 2 rings (SSSR count). The van der Waals surface area contributed by atoms with Crippen molar-refractivity contribution < 1.29 is 24.1 Å². The predicted octanol–water partition coefficient (Wildman–Crippen LogP) is 4.64. The topological polar surface area (TPSA) is 57.2 Å². The molecule has 1 N–H and O–H groups in total. The van der Waals surface area contributed by atoms with E-state index in [0.29, 0.717) is 42.6 Å². The van der Waals surface area contributed by atoms with Crippen molar-refractivity contribution in [1.29, 1.82) is 0 Å². The standard InChI is InChI=1S/C22H28O5/c1-5-25-17-10-8-16(21(14-17)27-7-3)9-13-20(23)19-12-11-18(26-6-2)15-22(19)24-4/h8-15,20,23H,5-7H2,1-4H3. The van der Waals surface area contributed by atoms with Crippen LogP contribution in [0.4, 0.5) is 0 Å². The first kappa shape index (κ1) is 20.6. The van der Waals surface area contributed by atoms with Gasteiger partial charge < -0.3 is 24.1 Å². The maximum Gasteiger partial charge on any atom is 0.130 e. The van der Waals surface area contributed by atoms with Crippen LogP contribution in [0.2, 0.25) is 0 Å². The normalized spacial score (nSPS) is 12.0. The van der Waals surface area contributed by atoms with Crippen LogP contribution in [0.5, 0.6) is 23.0 Å². The molecule has 0 aliphatic rings. The average molecular weight is 372 g/mol. The number of aliphatic hydroxyl groups is 1. The Hall–Kier alpha value is -2.66. The largest absolute Gasteiger partial charge is 0.496 e. The van der Waals surface area contributed by atoms with Crippen molar-refractivity contribution in [3.63, 3.8) is 0 Å². The highest BCUT2D eigenvalue weighted by atomic mass is 16.5. The summed E-state index contributed by atoms with van der Waals surface area (Å²) in [6.45, 7) is 7.51. The molecular weight excluding hydrogens is 344 g/mol. The molecule has 0 saturated heterocycles. The van der Waals surface area contributed by atoms with Gasteiger partial charge in [-0.15, -0.1) is 0 Å². The lowest BCUT2D eigenvalue weighted by Gasteiger charge is -2.14. The molecule has 0 spiro atoms. The van der Waals surface area contributed by atoms with Crippen molar-refractivity contribution in [2.75, 3.05) is 26.9 Å². The Morgan fingerprint density at radius 3 is 2.04 bits per heavy atom. The fourth-order valence-electron chi connectivity index (χ4n) is 2.68. The zero-order valence-corrected chi connectivity index (χ0v) is 16.4. The fraction of sp³-hybridized carbons (Fsp3) is 0.364. The first-order valence-electron chi connectivity index (χ1n) is 9.19. The molecule has 1 unspecified atom stereocenters. The molecule has 5 nitrogen and oxygen atoms in total. The van der Waals surface area contributed by atoms with Gasteiger partial charge in [-0.05, 0) is 45.0 Å². The second-order valence-corrected chi connectivity index (χ2v) is 5.71. The van der Waals surface area contributed by atoms with E-state index in [9.17, 15) is 5.11 Å². The molecule has 27 heavy (non-hydrogen) atoms. The summed E-state index contributed by atoms with van der Waals surface area (Å²) in [4.78, 5) is 0. The SMILES string of the molecule is CCOc1ccc(C=CC(O)c2ccc(OCC)cc2OC)c(OCC)c1. The summed E-state index contributed by atoms with van der Waals surface area (Å²) in [5, 5.41) is 10.6. The van der Waals surface area contributed by atoms with Crippen LogP contribution in [0.1, 0.15) is 38.0 Å². The van der Waals surface area contributed by atoms with Gasteiger partial charge in [-0.1, -0.05) is 12.2 Å². The molecule has 0 aliphatic carbocycles. The van der Waals surface area contributed by atoms with E-state index in [4.69, 9.17) is 18.9 Å². The lowest BCUT2D eigenvalue weighted by atomic mass is 10.1. The molecule has 0 bridgehead atoms. The highest BCUT2D eigenvalue weighted by Gasteiger charge is 2.12. The van der Waals surface area contributed by atoms with Crippen molar-refractivity contribution in [3.8, 4) is 23.0 Å². The van der Waals surface area contributed by atoms with E-state index in [-0.39, 0.29) is 0 Å². The lowest BCUT2D eigenvalue weighted by molar-refractivity contribution is 0.223. The van der Waals surface area contributed by atoms with E-state index in [1.807, 2.05) is 51.1 Å². The molecule has 2 aromatic rings. The van der Waals surface area contributed by atoms with E-state index >= 15 is 0 Å². The monoisotopic (exact) mass is 372 g/mol. The Balaban J connectivity index is 2.24. The molecule has 146 valence electrons. The Morgan fingerprint density at radius 2 is 1.44 bits per heavy atom. The minimum Gasteiger partial charge on any atom is -0.496 e. The molecule has 0 fully saturated rings. The van der Waals surface area contributed by atoms with Crippen LogP contribution in [0, 0.1) is 0 Å². The minimum absolute atomic E-state index is 0.547. The smallest absolute Gasteiger partial charge is 0.130 e. The molecule has 2 aromatic carbocycles. The van der Waals surface area contributed by atoms with Crippen molar-refractivity contribution in [3.05, 3.63) is 53.6 Å². The van der Waals surface area contributed by atoms with E-state index in [1.54, 1.807) is 25.3 Å². The van der Waals surface area contributed by atoms with Gasteiger partial charge in [0, 0.05) is 23.3 Å². The van der Waals surface area contributed by atoms with Gasteiger partial charge in [-0.25, -0.2) is 0 Å². The number of hydrogen-bond acceptors (Lipinski definition) is 5. The number of aliphatic hydroxyl groups excluding tert-OH is 1. The number of methoxy groups -OCH3 is 1. The molecule has 0 saturated carbocycles. The van der Waals surface area contributed by atoms with Crippen molar-refractivity contribution >= 4 is 6.08 Å². The van der Waals surface area contributed by atoms with Gasteiger partial charge in [0.15, 0.2) is 0 Å². The van der Waals surface area contributed by atoms with Crippen LogP contribution < -0.4 is 18.9 Å². The first-order valence-corrected chi connectivity index (χ1v) is 9.19. The third-order valence-corrected chi connectivity index (χ3v) is 3.89. The van der Waals surface area contributed by atoms with Gasteiger partial charge in [0.2, 0.25) is 0 Å². The Labute approximate surface area is 161 Å². The van der Waals surface area contributed by atoms with Gasteiger partial charge in [-0.3, -0.25) is 0 Å². The molecule has 5 heteroatoms. The van der Waals surface area contributed by atoms with Gasteiger partial charge >= 0.3 is 0 Å². The Morgan fingerprint density at radius 1 is 0.852 bits per heavy atom. The summed E-state index contributed by atoms with van der Waals surface area (Å²) in [5.41, 5.74) is 1.53. The van der Waals surface area contributed by atoms with Crippen LogP contribution >= 0.6 is 0 Å². The Kier molecular flexibility index (Phi) is 8.01. The van der Waals surface area contributed by atoms with Crippen LogP contribution in [0.25, 0.3) is 6.08 Å². The molecule has 1 atom stereocenters. The zero-order valence-electron chi connectivity index (χ0n) is 16.4. The van der Waals surface area contributed by atoms with E-state index in [2.05, 4.69) is 0 Å². The van der Waals surface area contributed by atoms with Gasteiger partial charge in [0.25, 0.3) is 0 Å². The van der Waals surface area contributed by atoms with E-state index < -0.39 is 6.10 Å². The highest BCUT2D eigenvalue weighted by molar-refractivity contribution is 5.60. The molecular formula is C22H28O5. The Bertz CT molecular complexity index is 754. The fourth-order valence-corrected chi connectivity index (χ4v) is 2.68. The van der Waals surface area contributed by atoms with Crippen molar-refractivity contribution in [2.24, 2.45) is 0 Å². The maximum absolute atomic E-state index is 10.6. The van der Waals surface area contributed by atoms with Gasteiger partial charge in [0.05, 0.1) is 26.9 Å². The van der Waals surface area contributed by atoms with Crippen molar-refractivity contribution in [2.45, 2.75) is 26.9 Å². The summed E-state index contributed by atoms with van der Waals surface area (Å²) < 4.78 is 22.1. The first-order chi connectivity index (χ1) is 13.1. The van der Waals surface area contributed by atoms with Crippen molar-refractivity contribution in [1.82, 2.24) is 0 Å². The van der Waals surface area contributed by atoms with Crippen LogP contribution in [-0.4, -0.2) is 32.0 Å². The molecule has 0 aromatic heterocycles. The summed E-state index contributed by atoms with van der Waals surface area (Å²) >= 11 is 0. The second kappa shape index (κ2) is 10.5. The summed E-state index contributed by atoms with van der Waals surface area (Å²) in [6, 6.07) is 11.1. The molecule has 0 heterocycles. The molecule has 0 radical (unpaired) electrons. The number of benzene rings is 2. The second-order valence-electron chi connectivity index (χ2n) is 5.71. The van der Waals surface area contributed by atoms with E-state index in [0.717, 1.165) is 11.3 Å². The van der Waals surface area contributed by atoms with E-state index in [1.165, 1.54) is 0 Å². The number of ether oxygens (including phenoxy) is 4. The van der Waals surface area contributed by atoms with Crippen LogP contribution in [0.15, 0.2) is 42.5 Å². The van der Waals surface area contributed by atoms with Crippen LogP contribution in [0.3, 0.4) is 0 Å². The maximum atomic E-state index is 10.6. The number of hydrogen-bond donors (Lipinski definition) is 1. The van der Waals surface area contributed by atoms with Crippen LogP contribution in [-0.2, 0) is 0 Å². The molecule has 0 aliphatic heterocycles. The molecule has 0 amide bonds. The summed E-state index contributed by atoms with van der Waals surface area (Å²) in [6.07, 6.45) is 2.72.